The molecule has 0 saturated carbocycles. The second-order valence-electron chi connectivity index (χ2n) is 3.14. The fourth-order valence-electron chi connectivity index (χ4n) is 1.41. The van der Waals surface area contributed by atoms with Crippen molar-refractivity contribution in [2.75, 3.05) is 7.11 Å². The van der Waals surface area contributed by atoms with Gasteiger partial charge in [-0.25, -0.2) is 14.3 Å². The number of nitrogens with zero attached hydrogens (tertiary/aromatic N) is 3. The molecule has 2 rings (SSSR count). The number of carbonyl (C=O) groups is 1. The lowest BCUT2D eigenvalue weighted by Gasteiger charge is -2.04. The summed E-state index contributed by atoms with van der Waals surface area (Å²) in [6.07, 6.45) is 1.26. The van der Waals surface area contributed by atoms with Crippen molar-refractivity contribution >= 4 is 24.2 Å². The monoisotopic (exact) mass is 239 g/mol. The Morgan fingerprint density at radius 1 is 1.69 bits per heavy atom. The van der Waals surface area contributed by atoms with Gasteiger partial charge in [-0.15, -0.1) is 12.6 Å². The molecule has 84 valence electrons. The zero-order valence-electron chi connectivity index (χ0n) is 8.41. The van der Waals surface area contributed by atoms with Gasteiger partial charge in [-0.05, 0) is 6.07 Å². The molecule has 0 spiro atoms. The van der Waals surface area contributed by atoms with E-state index in [1.807, 2.05) is 0 Å². The highest BCUT2D eigenvalue weighted by molar-refractivity contribution is 7.80. The lowest BCUT2D eigenvalue weighted by molar-refractivity contribution is 0.0698. The molecular formula is C9H9N3O3S. The van der Waals surface area contributed by atoms with E-state index >= 15 is 0 Å². The van der Waals surface area contributed by atoms with Crippen LogP contribution in [-0.4, -0.2) is 32.8 Å². The molecule has 2 aromatic heterocycles. The number of aromatic nitrogens is 3. The van der Waals surface area contributed by atoms with Crippen molar-refractivity contribution in [1.82, 2.24) is 14.6 Å². The molecule has 0 unspecified atom stereocenters. The van der Waals surface area contributed by atoms with Crippen LogP contribution >= 0.6 is 12.6 Å². The fraction of sp³-hybridized carbons (Fsp3) is 0.222. The summed E-state index contributed by atoms with van der Waals surface area (Å²) >= 11 is 4.11. The number of carboxylic acids is 1. The number of hydrogen-bond acceptors (Lipinski definition) is 5. The first-order valence-electron chi connectivity index (χ1n) is 4.42. The van der Waals surface area contributed by atoms with E-state index in [0.717, 1.165) is 0 Å². The molecule has 0 bridgehead atoms. The van der Waals surface area contributed by atoms with Crippen LogP contribution in [0.15, 0.2) is 17.3 Å². The third kappa shape index (κ3) is 1.74. The van der Waals surface area contributed by atoms with Crippen LogP contribution < -0.4 is 0 Å². The Bertz CT molecular complexity index is 552. The maximum atomic E-state index is 10.9. The van der Waals surface area contributed by atoms with Crippen molar-refractivity contribution in [3.8, 4) is 0 Å². The van der Waals surface area contributed by atoms with E-state index in [2.05, 4.69) is 22.7 Å². The second kappa shape index (κ2) is 4.11. The van der Waals surface area contributed by atoms with E-state index in [9.17, 15) is 4.79 Å². The summed E-state index contributed by atoms with van der Waals surface area (Å²) in [4.78, 5) is 14.9. The molecule has 2 heterocycles. The number of hydrogen-bond donors (Lipinski definition) is 2. The highest BCUT2D eigenvalue weighted by Crippen LogP contribution is 2.15. The Balaban J connectivity index is 2.70. The molecule has 0 aliphatic carbocycles. The zero-order chi connectivity index (χ0) is 11.7. The molecule has 0 aliphatic rings. The molecular weight excluding hydrogens is 230 g/mol. The van der Waals surface area contributed by atoms with Crippen molar-refractivity contribution in [3.05, 3.63) is 23.5 Å². The van der Waals surface area contributed by atoms with Crippen LogP contribution in [0.4, 0.5) is 0 Å². The first-order chi connectivity index (χ1) is 7.63. The third-order valence-electron chi connectivity index (χ3n) is 2.05. The lowest BCUT2D eigenvalue weighted by Crippen LogP contribution is -2.04. The van der Waals surface area contributed by atoms with Gasteiger partial charge >= 0.3 is 5.97 Å². The molecule has 0 fully saturated rings. The van der Waals surface area contributed by atoms with E-state index < -0.39 is 5.97 Å². The minimum Gasteiger partial charge on any atom is -0.477 e. The van der Waals surface area contributed by atoms with Gasteiger partial charge < -0.3 is 9.84 Å². The normalized spacial score (nSPS) is 10.9. The minimum atomic E-state index is -1.06. The predicted molar refractivity (Wildman–Crippen MR) is 57.9 cm³/mol. The Kier molecular flexibility index (Phi) is 2.80. The molecule has 0 aromatic carbocycles. The molecule has 0 atom stereocenters. The van der Waals surface area contributed by atoms with Gasteiger partial charge in [0.15, 0.2) is 5.65 Å². The van der Waals surface area contributed by atoms with E-state index in [1.54, 1.807) is 13.2 Å². The molecule has 2 aromatic rings. The summed E-state index contributed by atoms with van der Waals surface area (Å²) < 4.78 is 6.43. The van der Waals surface area contributed by atoms with Gasteiger partial charge in [0.05, 0.1) is 23.5 Å². The summed E-state index contributed by atoms with van der Waals surface area (Å²) in [7, 11) is 1.55. The Labute approximate surface area is 96.3 Å². The number of rotatable bonds is 3. The van der Waals surface area contributed by atoms with Crippen LogP contribution in [0.25, 0.3) is 5.65 Å². The van der Waals surface area contributed by atoms with Crippen LogP contribution in [0.3, 0.4) is 0 Å². The number of aromatic carboxylic acids is 1. The highest BCUT2D eigenvalue weighted by Gasteiger charge is 2.15. The summed E-state index contributed by atoms with van der Waals surface area (Å²) in [5, 5.41) is 13.3. The molecule has 0 radical (unpaired) electrons. The number of carboxylic acid groups (broad SMARTS) is 1. The Morgan fingerprint density at radius 2 is 2.44 bits per heavy atom. The van der Waals surface area contributed by atoms with Crippen LogP contribution in [0.2, 0.25) is 0 Å². The van der Waals surface area contributed by atoms with Crippen molar-refractivity contribution in [3.63, 3.8) is 0 Å². The van der Waals surface area contributed by atoms with Crippen LogP contribution in [0, 0.1) is 0 Å². The standard InChI is InChI=1S/C9H9N3O3S/c1-15-4-5-2-7(16)11-8-6(9(13)14)3-10-12(5)8/h2-3H,4H2,1H3,(H,11,16)(H,13,14). The van der Waals surface area contributed by atoms with Gasteiger partial charge in [-0.3, -0.25) is 0 Å². The fourth-order valence-corrected chi connectivity index (χ4v) is 1.66. The number of fused-ring (bicyclic) bond motifs is 1. The molecule has 7 heteroatoms. The van der Waals surface area contributed by atoms with Crippen molar-refractivity contribution in [2.45, 2.75) is 11.6 Å². The highest BCUT2D eigenvalue weighted by atomic mass is 32.1. The Morgan fingerprint density at radius 3 is 3.06 bits per heavy atom. The molecule has 16 heavy (non-hydrogen) atoms. The summed E-state index contributed by atoms with van der Waals surface area (Å²) in [6.45, 7) is 0.313. The summed E-state index contributed by atoms with van der Waals surface area (Å²) in [5.41, 5.74) is 1.02. The largest absolute Gasteiger partial charge is 0.477 e. The maximum Gasteiger partial charge on any atom is 0.341 e. The molecule has 6 nitrogen and oxygen atoms in total. The van der Waals surface area contributed by atoms with Gasteiger partial charge in [-0.1, -0.05) is 0 Å². The zero-order valence-corrected chi connectivity index (χ0v) is 9.31. The van der Waals surface area contributed by atoms with Gasteiger partial charge in [0.2, 0.25) is 0 Å². The van der Waals surface area contributed by atoms with Gasteiger partial charge in [0.25, 0.3) is 0 Å². The first-order valence-corrected chi connectivity index (χ1v) is 4.87. The van der Waals surface area contributed by atoms with Gasteiger partial charge in [0.1, 0.15) is 5.56 Å². The third-order valence-corrected chi connectivity index (χ3v) is 2.28. The second-order valence-corrected chi connectivity index (χ2v) is 3.60. The number of methoxy groups -OCH3 is 1. The van der Waals surface area contributed by atoms with Crippen molar-refractivity contribution in [1.29, 1.82) is 0 Å². The van der Waals surface area contributed by atoms with E-state index in [0.29, 0.717) is 17.3 Å². The maximum absolute atomic E-state index is 10.9. The van der Waals surface area contributed by atoms with Gasteiger partial charge in [-0.2, -0.15) is 5.10 Å². The molecule has 1 N–H and O–H groups in total. The predicted octanol–water partition coefficient (Wildman–Crippen LogP) is 0.863. The van der Waals surface area contributed by atoms with Gasteiger partial charge in [0, 0.05) is 7.11 Å². The quantitative estimate of drug-likeness (QED) is 0.613. The first kappa shape index (κ1) is 10.9. The Hall–Kier alpha value is -1.60. The van der Waals surface area contributed by atoms with Crippen LogP contribution in [0.1, 0.15) is 16.1 Å². The number of ether oxygens (including phenoxy) is 1. The van der Waals surface area contributed by atoms with Crippen LogP contribution in [-0.2, 0) is 11.3 Å². The minimum absolute atomic E-state index is 0.0493. The number of thiol groups is 1. The smallest absolute Gasteiger partial charge is 0.341 e. The van der Waals surface area contributed by atoms with Crippen molar-refractivity contribution in [2.24, 2.45) is 0 Å². The topological polar surface area (TPSA) is 76.7 Å². The molecule has 0 aliphatic heterocycles. The molecule has 0 saturated heterocycles. The van der Waals surface area contributed by atoms with E-state index in [-0.39, 0.29) is 11.2 Å². The average molecular weight is 239 g/mol. The van der Waals surface area contributed by atoms with Crippen LogP contribution in [0.5, 0.6) is 0 Å². The van der Waals surface area contributed by atoms with E-state index in [4.69, 9.17) is 9.84 Å². The summed E-state index contributed by atoms with van der Waals surface area (Å²) in [6, 6.07) is 1.68. The average Bonchev–Trinajstić information content (AvgIpc) is 2.61. The molecule has 0 amide bonds. The van der Waals surface area contributed by atoms with E-state index in [1.165, 1.54) is 10.7 Å². The SMILES string of the molecule is COCc1cc(S)nc2c(C(=O)O)cnn12. The lowest BCUT2D eigenvalue weighted by atomic mass is 10.3. The van der Waals surface area contributed by atoms with Crippen molar-refractivity contribution < 1.29 is 14.6 Å². The summed E-state index contributed by atoms with van der Waals surface area (Å²) in [5.74, 6) is -1.06.